The first-order valence-corrected chi connectivity index (χ1v) is 9.38. The van der Waals surface area contributed by atoms with Gasteiger partial charge in [0.05, 0.1) is 12.2 Å². The molecule has 4 rings (SSSR count). The first-order chi connectivity index (χ1) is 12.6. The van der Waals surface area contributed by atoms with Crippen LogP contribution in [0.5, 0.6) is 0 Å². The monoisotopic (exact) mass is 395 g/mol. The zero-order chi connectivity index (χ0) is 18.1. The Morgan fingerprint density at radius 1 is 1.30 bits per heavy atom. The lowest BCUT2D eigenvalue weighted by atomic mass is 10.0. The molecule has 2 aromatic rings. The van der Waals surface area contributed by atoms with Crippen molar-refractivity contribution >= 4 is 18.3 Å². The maximum Gasteiger partial charge on any atom is 0.274 e. The van der Waals surface area contributed by atoms with Gasteiger partial charge in [-0.1, -0.05) is 24.2 Å². The molecule has 2 aliphatic rings. The van der Waals surface area contributed by atoms with E-state index < -0.39 is 0 Å². The van der Waals surface area contributed by atoms with E-state index in [0.717, 1.165) is 44.6 Å². The number of rotatable bonds is 6. The number of nitrogens with one attached hydrogen (secondary N) is 2. The first kappa shape index (κ1) is 19.8. The van der Waals surface area contributed by atoms with Crippen LogP contribution in [-0.4, -0.2) is 44.1 Å². The average Bonchev–Trinajstić information content (AvgIpc) is 3.19. The maximum absolute atomic E-state index is 12.7. The lowest BCUT2D eigenvalue weighted by Crippen LogP contribution is -2.32. The fourth-order valence-corrected chi connectivity index (χ4v) is 3.24. The van der Waals surface area contributed by atoms with E-state index in [1.165, 1.54) is 0 Å². The van der Waals surface area contributed by atoms with E-state index in [1.807, 2.05) is 13.8 Å². The summed E-state index contributed by atoms with van der Waals surface area (Å²) in [7, 11) is 0. The minimum absolute atomic E-state index is 0. The Kier molecular flexibility index (Phi) is 6.11. The molecule has 2 N–H and O–H groups in total. The molecule has 9 nitrogen and oxygen atoms in total. The van der Waals surface area contributed by atoms with E-state index in [0.29, 0.717) is 23.5 Å². The summed E-state index contributed by atoms with van der Waals surface area (Å²) in [6.45, 7) is 5.94. The molecule has 0 aromatic carbocycles. The molecule has 1 saturated carbocycles. The minimum Gasteiger partial charge on any atom is -0.339 e. The molecule has 3 heterocycles. The molecule has 0 bridgehead atoms. The van der Waals surface area contributed by atoms with Gasteiger partial charge in [0.25, 0.3) is 5.91 Å². The Labute approximate surface area is 164 Å². The molecule has 2 aromatic heterocycles. The number of halogens is 1. The number of carbonyl (C=O) groups is 1. The summed E-state index contributed by atoms with van der Waals surface area (Å²) < 4.78 is 7.21. The number of amides is 1. The molecule has 10 heteroatoms. The highest BCUT2D eigenvalue weighted by atomic mass is 35.5. The highest BCUT2D eigenvalue weighted by molar-refractivity contribution is 5.92. The van der Waals surface area contributed by atoms with Crippen molar-refractivity contribution in [2.75, 3.05) is 13.1 Å². The van der Waals surface area contributed by atoms with Gasteiger partial charge in [-0.15, -0.1) is 17.5 Å². The Morgan fingerprint density at radius 3 is 2.70 bits per heavy atom. The quantitative estimate of drug-likeness (QED) is 0.769. The van der Waals surface area contributed by atoms with Gasteiger partial charge in [0.2, 0.25) is 5.89 Å². The van der Waals surface area contributed by atoms with Crippen molar-refractivity contribution in [1.82, 2.24) is 35.8 Å². The Balaban J connectivity index is 0.00000210. The third-order valence-electron chi connectivity index (χ3n) is 5.04. The summed E-state index contributed by atoms with van der Waals surface area (Å²) in [6.07, 6.45) is 5.93. The van der Waals surface area contributed by atoms with Crippen LogP contribution in [0.3, 0.4) is 0 Å². The third-order valence-corrected chi connectivity index (χ3v) is 5.04. The molecule has 1 atom stereocenters. The van der Waals surface area contributed by atoms with Gasteiger partial charge in [0, 0.05) is 5.92 Å². The largest absolute Gasteiger partial charge is 0.339 e. The molecule has 1 saturated heterocycles. The van der Waals surface area contributed by atoms with E-state index in [1.54, 1.807) is 10.9 Å². The topological polar surface area (TPSA) is 111 Å². The lowest BCUT2D eigenvalue weighted by Gasteiger charge is -2.22. The second-order valence-electron chi connectivity index (χ2n) is 7.53. The molecular weight excluding hydrogens is 370 g/mol. The molecule has 27 heavy (non-hydrogen) atoms. The van der Waals surface area contributed by atoms with Crippen molar-refractivity contribution in [3.63, 3.8) is 0 Å². The van der Waals surface area contributed by atoms with Crippen LogP contribution >= 0.6 is 12.4 Å². The van der Waals surface area contributed by atoms with E-state index in [-0.39, 0.29) is 30.3 Å². The molecule has 2 fully saturated rings. The van der Waals surface area contributed by atoms with Gasteiger partial charge in [0.1, 0.15) is 6.04 Å². The van der Waals surface area contributed by atoms with E-state index in [2.05, 4.69) is 31.1 Å². The van der Waals surface area contributed by atoms with Crippen LogP contribution in [0, 0.1) is 5.92 Å². The fraction of sp³-hybridized carbons (Fsp3) is 0.706. The zero-order valence-corrected chi connectivity index (χ0v) is 16.4. The van der Waals surface area contributed by atoms with Crippen molar-refractivity contribution in [3.05, 3.63) is 23.6 Å². The van der Waals surface area contributed by atoms with E-state index in [4.69, 9.17) is 4.52 Å². The van der Waals surface area contributed by atoms with E-state index >= 15 is 0 Å². The smallest absolute Gasteiger partial charge is 0.274 e. The van der Waals surface area contributed by atoms with Crippen molar-refractivity contribution in [2.24, 2.45) is 5.92 Å². The number of piperidine rings is 1. The van der Waals surface area contributed by atoms with Gasteiger partial charge in [-0.25, -0.2) is 4.68 Å². The molecule has 1 amide bonds. The highest BCUT2D eigenvalue weighted by Gasteiger charge is 2.32. The fourth-order valence-electron chi connectivity index (χ4n) is 3.24. The summed E-state index contributed by atoms with van der Waals surface area (Å²) in [5.41, 5.74) is 0.316. The second kappa shape index (κ2) is 8.35. The normalized spacial score (nSPS) is 18.9. The Bertz CT molecular complexity index is 765. The zero-order valence-electron chi connectivity index (χ0n) is 15.6. The predicted octanol–water partition coefficient (Wildman–Crippen LogP) is 2.01. The van der Waals surface area contributed by atoms with E-state index in [9.17, 15) is 4.79 Å². The Hall–Kier alpha value is -2.00. The van der Waals surface area contributed by atoms with Crippen LogP contribution in [0.25, 0.3) is 0 Å². The predicted molar refractivity (Wildman–Crippen MR) is 99.7 cm³/mol. The van der Waals surface area contributed by atoms with Gasteiger partial charge in [-0.2, -0.15) is 4.98 Å². The standard InChI is InChI=1S/C17H25N7O2.ClH/c1-10(2)14(17-20-15(22-26-17)11-3-4-11)19-16(25)13-9-24(23-21-13)12-5-7-18-8-6-12;/h9-12,14,18H,3-8H2,1-2H3,(H,19,25);1H. The van der Waals surface area contributed by atoms with Gasteiger partial charge < -0.3 is 15.2 Å². The molecule has 148 valence electrons. The van der Waals surface area contributed by atoms with Crippen LogP contribution in [0.15, 0.2) is 10.7 Å². The summed E-state index contributed by atoms with van der Waals surface area (Å²) in [5.74, 6) is 1.47. The lowest BCUT2D eigenvalue weighted by molar-refractivity contribution is 0.0908. The minimum atomic E-state index is -0.341. The number of aromatic nitrogens is 5. The Morgan fingerprint density at radius 2 is 2.04 bits per heavy atom. The van der Waals surface area contributed by atoms with Crippen molar-refractivity contribution in [3.8, 4) is 0 Å². The maximum atomic E-state index is 12.7. The third kappa shape index (κ3) is 4.47. The molecule has 1 aliphatic heterocycles. The first-order valence-electron chi connectivity index (χ1n) is 9.38. The summed E-state index contributed by atoms with van der Waals surface area (Å²) in [6, 6.07) is -0.0465. The van der Waals surface area contributed by atoms with Crippen LogP contribution in [0.2, 0.25) is 0 Å². The highest BCUT2D eigenvalue weighted by Crippen LogP contribution is 2.38. The summed E-state index contributed by atoms with van der Waals surface area (Å²) in [5, 5.41) is 18.5. The van der Waals surface area contributed by atoms with Crippen molar-refractivity contribution in [2.45, 2.75) is 57.5 Å². The van der Waals surface area contributed by atoms with Crippen LogP contribution in [0.4, 0.5) is 0 Å². The van der Waals surface area contributed by atoms with Crippen LogP contribution < -0.4 is 10.6 Å². The number of nitrogens with zero attached hydrogens (tertiary/aromatic N) is 5. The number of hydrogen-bond donors (Lipinski definition) is 2. The van der Waals surface area contributed by atoms with Gasteiger partial charge in [-0.05, 0) is 44.7 Å². The number of hydrogen-bond acceptors (Lipinski definition) is 7. The molecule has 0 spiro atoms. The average molecular weight is 396 g/mol. The van der Waals surface area contributed by atoms with Gasteiger partial charge in [-0.3, -0.25) is 4.79 Å². The molecule has 1 unspecified atom stereocenters. The van der Waals surface area contributed by atoms with Crippen molar-refractivity contribution < 1.29 is 9.32 Å². The summed E-state index contributed by atoms with van der Waals surface area (Å²) in [4.78, 5) is 17.1. The van der Waals surface area contributed by atoms with Crippen molar-refractivity contribution in [1.29, 1.82) is 0 Å². The van der Waals surface area contributed by atoms with Crippen LogP contribution in [0.1, 0.15) is 79.7 Å². The number of carbonyl (C=O) groups excluding carboxylic acids is 1. The molecule has 1 aliphatic carbocycles. The SMILES string of the molecule is CC(C)C(NC(=O)c1cn(C2CCNCC2)nn1)c1nc(C2CC2)no1.Cl. The summed E-state index contributed by atoms with van der Waals surface area (Å²) >= 11 is 0. The second-order valence-corrected chi connectivity index (χ2v) is 7.53. The molecular formula is C17H26ClN7O2. The van der Waals surface area contributed by atoms with Gasteiger partial charge >= 0.3 is 0 Å². The molecule has 0 radical (unpaired) electrons. The van der Waals surface area contributed by atoms with Crippen LogP contribution in [-0.2, 0) is 0 Å². The van der Waals surface area contributed by atoms with Gasteiger partial charge in [0.15, 0.2) is 11.5 Å².